The molecule has 0 atom stereocenters. The van der Waals surface area contributed by atoms with Gasteiger partial charge in [0.1, 0.15) is 0 Å². The fourth-order valence-corrected chi connectivity index (χ4v) is 8.91. The third-order valence-corrected chi connectivity index (χ3v) is 11.7. The standard InChI is InChI=1S/C55H55N2.ClH.Cu/c1-37(2)45-33-47(38(3)4)54(48(34-45)39(5)6)51-30-20-29-46-35-56(36-57(46)51)55-49(52(41-21-12-8-13-22-41)42-23-14-9-15-24-42)31-40(7)32-50(55)53(43-25-16-10-17-26-43)44-27-18-11-19-28-44;;/h8-39,52-53H,1-7H3;1H;/q-1;;+2/p-1. The van der Waals surface area contributed by atoms with Crippen molar-refractivity contribution in [2.45, 2.75) is 78.1 Å². The van der Waals surface area contributed by atoms with Crippen molar-refractivity contribution in [3.05, 3.63) is 244 Å². The number of nitrogens with zero attached hydrogens (tertiary/aromatic N) is 2. The van der Waals surface area contributed by atoms with Crippen LogP contribution in [-0.4, -0.2) is 4.90 Å². The van der Waals surface area contributed by atoms with E-state index in [1.807, 2.05) is 0 Å². The van der Waals surface area contributed by atoms with E-state index in [-0.39, 0.29) is 11.8 Å². The van der Waals surface area contributed by atoms with Gasteiger partial charge >= 0.3 is 25.2 Å². The second kappa shape index (κ2) is 18.9. The SMILES string of the molecule is Cc1cc(C(c2ccccc2)c2ccccc2)c(N2C=C3C=CC=C(c4c(C(C)C)cc(C(C)C)cc4C(C)C)N3[CH-]2)c(C(c2ccccc2)c2ccccc2)c1.[Cl][Cu+]. The molecule has 0 radical (unpaired) electrons. The number of hydrogen-bond acceptors (Lipinski definition) is 2. The van der Waals surface area contributed by atoms with E-state index in [1.54, 1.807) is 0 Å². The molecule has 2 nitrogen and oxygen atoms in total. The van der Waals surface area contributed by atoms with Crippen LogP contribution in [0.2, 0.25) is 0 Å². The van der Waals surface area contributed by atoms with Crippen molar-refractivity contribution in [2.24, 2.45) is 0 Å². The second-order valence-corrected chi connectivity index (χ2v) is 16.7. The molecule has 2 heterocycles. The first-order chi connectivity index (χ1) is 28.7. The molecule has 0 aromatic heterocycles. The Morgan fingerprint density at radius 2 is 0.915 bits per heavy atom. The Labute approximate surface area is 366 Å². The van der Waals surface area contributed by atoms with Gasteiger partial charge in [-0.1, -0.05) is 199 Å². The first-order valence-corrected chi connectivity index (χ1v) is 22.2. The van der Waals surface area contributed by atoms with Crippen LogP contribution in [0.15, 0.2) is 176 Å². The Kier molecular flexibility index (Phi) is 13.5. The Hall–Kier alpha value is -5.05. The molecule has 0 unspecified atom stereocenters. The van der Waals surface area contributed by atoms with Gasteiger partial charge in [0, 0.05) is 34.5 Å². The average Bonchev–Trinajstić information content (AvgIpc) is 3.70. The molecule has 0 fully saturated rings. The van der Waals surface area contributed by atoms with Crippen molar-refractivity contribution in [1.29, 1.82) is 0 Å². The summed E-state index contributed by atoms with van der Waals surface area (Å²) in [5, 5.41) is 0. The van der Waals surface area contributed by atoms with Crippen molar-refractivity contribution >= 4 is 21.5 Å². The van der Waals surface area contributed by atoms with Gasteiger partial charge in [-0.2, -0.15) is 0 Å². The molecular weight excluding hydrogens is 788 g/mol. The van der Waals surface area contributed by atoms with Gasteiger partial charge in [0.25, 0.3) is 0 Å². The summed E-state index contributed by atoms with van der Waals surface area (Å²) in [7, 11) is 4.20. The number of fused-ring (bicyclic) bond motifs is 1. The van der Waals surface area contributed by atoms with Gasteiger partial charge in [-0.05, 0) is 93.1 Å². The summed E-state index contributed by atoms with van der Waals surface area (Å²) in [5.41, 5.74) is 18.1. The summed E-state index contributed by atoms with van der Waals surface area (Å²) in [4.78, 5) is 4.88. The zero-order valence-electron chi connectivity index (χ0n) is 35.2. The summed E-state index contributed by atoms with van der Waals surface area (Å²) in [6, 6.07) is 54.0. The molecule has 59 heavy (non-hydrogen) atoms. The quantitative estimate of drug-likeness (QED) is 0.0728. The second-order valence-electron chi connectivity index (χ2n) is 16.7. The normalized spacial score (nSPS) is 13.6. The monoisotopic (exact) mass is 841 g/mol. The number of benzene rings is 6. The minimum absolute atomic E-state index is 0.00638. The van der Waals surface area contributed by atoms with Gasteiger partial charge in [0.2, 0.25) is 0 Å². The molecule has 4 heteroatoms. The van der Waals surface area contributed by atoms with Crippen LogP contribution in [0, 0.1) is 13.6 Å². The number of rotatable bonds is 11. The molecule has 2 aliphatic rings. The Morgan fingerprint density at radius 3 is 1.29 bits per heavy atom. The number of halogens is 1. The van der Waals surface area contributed by atoms with E-state index in [2.05, 4.69) is 260 Å². The number of anilines is 1. The van der Waals surface area contributed by atoms with Gasteiger partial charge in [-0.15, -0.1) is 6.67 Å². The number of hydrogen-bond donors (Lipinski definition) is 0. The molecule has 303 valence electrons. The van der Waals surface area contributed by atoms with Gasteiger partial charge < -0.3 is 9.80 Å². The predicted octanol–water partition coefficient (Wildman–Crippen LogP) is 15.1. The van der Waals surface area contributed by atoms with Gasteiger partial charge in [0.05, 0.1) is 0 Å². The molecule has 0 saturated carbocycles. The maximum absolute atomic E-state index is 4.20. The molecule has 0 bridgehead atoms. The minimum atomic E-state index is 0.00638. The van der Waals surface area contributed by atoms with E-state index in [1.165, 1.54) is 72.6 Å². The van der Waals surface area contributed by atoms with Crippen LogP contribution >= 0.6 is 10.1 Å². The van der Waals surface area contributed by atoms with E-state index in [0.717, 1.165) is 5.70 Å². The van der Waals surface area contributed by atoms with E-state index >= 15 is 0 Å². The average molecular weight is 843 g/mol. The van der Waals surface area contributed by atoms with Crippen LogP contribution in [0.5, 0.6) is 0 Å². The van der Waals surface area contributed by atoms with Gasteiger partial charge in [0.15, 0.2) is 0 Å². The van der Waals surface area contributed by atoms with Crippen molar-refractivity contribution in [3.63, 3.8) is 0 Å². The Morgan fingerprint density at radius 1 is 0.508 bits per heavy atom. The first-order valence-electron chi connectivity index (χ1n) is 20.9. The molecule has 2 aliphatic heterocycles. The zero-order chi connectivity index (χ0) is 41.6. The third-order valence-electron chi connectivity index (χ3n) is 11.7. The summed E-state index contributed by atoms with van der Waals surface area (Å²) in [5.74, 6) is 1.22. The fraction of sp³-hybridized carbons (Fsp3) is 0.218. The maximum atomic E-state index is 4.20. The van der Waals surface area contributed by atoms with E-state index in [0.29, 0.717) is 17.8 Å². The topological polar surface area (TPSA) is 6.48 Å². The molecule has 0 spiro atoms. The third kappa shape index (κ3) is 8.80. The van der Waals surface area contributed by atoms with E-state index < -0.39 is 0 Å². The summed E-state index contributed by atoms with van der Waals surface area (Å²) in [6.45, 7) is 18.6. The van der Waals surface area contributed by atoms with Crippen LogP contribution < -0.4 is 4.90 Å². The van der Waals surface area contributed by atoms with Crippen LogP contribution in [0.25, 0.3) is 5.70 Å². The summed E-state index contributed by atoms with van der Waals surface area (Å²) < 4.78 is 0. The van der Waals surface area contributed by atoms with E-state index in [4.69, 9.17) is 0 Å². The summed E-state index contributed by atoms with van der Waals surface area (Å²) in [6.07, 6.45) is 9.18. The van der Waals surface area contributed by atoms with E-state index in [9.17, 15) is 0 Å². The molecule has 0 N–H and O–H groups in total. The molecule has 6 aromatic carbocycles. The molecule has 0 saturated heterocycles. The zero-order valence-corrected chi connectivity index (χ0v) is 36.9. The Bertz CT molecular complexity index is 2220. The fourth-order valence-electron chi connectivity index (χ4n) is 8.91. The first kappa shape index (κ1) is 42.1. The van der Waals surface area contributed by atoms with Crippen molar-refractivity contribution in [3.8, 4) is 0 Å². The summed E-state index contributed by atoms with van der Waals surface area (Å²) >= 11 is 3.66. The van der Waals surface area contributed by atoms with Crippen molar-refractivity contribution in [1.82, 2.24) is 4.90 Å². The Balaban J connectivity index is 0.00000260. The number of allylic oxidation sites excluding steroid dienone is 3. The van der Waals surface area contributed by atoms with Crippen molar-refractivity contribution in [2.75, 3.05) is 4.90 Å². The number of aryl methyl sites for hydroxylation is 1. The van der Waals surface area contributed by atoms with Crippen LogP contribution in [0.4, 0.5) is 5.69 Å². The molecular formula is C55H55ClCuN2. The van der Waals surface area contributed by atoms with Gasteiger partial charge in [-0.3, -0.25) is 0 Å². The van der Waals surface area contributed by atoms with Crippen molar-refractivity contribution < 1.29 is 15.1 Å². The molecule has 6 aromatic rings. The van der Waals surface area contributed by atoms with Crippen LogP contribution in [0.1, 0.15) is 132 Å². The molecule has 0 amide bonds. The molecule has 8 rings (SSSR count). The van der Waals surface area contributed by atoms with Gasteiger partial charge in [-0.25, -0.2) is 0 Å². The van der Waals surface area contributed by atoms with Crippen LogP contribution in [0.3, 0.4) is 0 Å². The van der Waals surface area contributed by atoms with Crippen LogP contribution in [-0.2, 0) is 15.1 Å². The predicted molar refractivity (Wildman–Crippen MR) is 247 cm³/mol. The molecule has 0 aliphatic carbocycles.